The molecule has 33 nitrogen and oxygen atoms in total. The molecule has 3 heterocycles. The van der Waals surface area contributed by atoms with Gasteiger partial charge in [-0.25, -0.2) is 4.79 Å². The number of benzene rings is 3. The second kappa shape index (κ2) is 40.5. The van der Waals surface area contributed by atoms with Crippen LogP contribution in [0.2, 0.25) is 0 Å². The molecule has 6 unspecified atom stereocenters. The van der Waals surface area contributed by atoms with Gasteiger partial charge in [0, 0.05) is 88.1 Å². The summed E-state index contributed by atoms with van der Waals surface area (Å²) in [5.74, 6) is -13.5. The van der Waals surface area contributed by atoms with E-state index in [1.54, 1.807) is 80.4 Å². The van der Waals surface area contributed by atoms with Crippen molar-refractivity contribution in [1.29, 1.82) is 0 Å². The highest BCUT2D eigenvalue weighted by atomic mass is 33.1. The zero-order valence-electron chi connectivity index (χ0n) is 55.4. The third kappa shape index (κ3) is 26.7. The van der Waals surface area contributed by atoms with Gasteiger partial charge in [-0.3, -0.25) is 77.7 Å². The molecule has 3 aromatic carbocycles. The number of hydrogen-bond acceptors (Lipinski definition) is 23. The minimum atomic E-state index is -1.94. The number of aromatic hydroxyl groups is 1. The SMILES string of the molecule is CC(O)C1NC(=O)C(CCCCN)NC(=O)[C@H](Cc2c[nH]c3ccccc23)NC(=O)C(Cc2ccc(O)cc2)NCC(=O)[C@@H](NC(=O)[C@H](Cc2ccccc2)NC(=O)CN2CCN(CC(=O)O)CCN(CC(=O)O)CCN(CC(=O)O)CC2)SSCC(C(=O)NC(C(=O)O)[C@@H](C)O)NC1=O. The zero-order chi connectivity index (χ0) is 73.0. The van der Waals surface area contributed by atoms with E-state index in [0.29, 0.717) is 55.6 Å². The second-order valence-electron chi connectivity index (χ2n) is 24.5. The fourth-order valence-corrected chi connectivity index (χ4v) is 13.5. The van der Waals surface area contributed by atoms with Crippen molar-refractivity contribution < 1.29 is 93.3 Å². The summed E-state index contributed by atoms with van der Waals surface area (Å²) in [7, 11) is 1.32. The number of rotatable bonds is 26. The molecule has 35 heteroatoms. The highest BCUT2D eigenvalue weighted by Gasteiger charge is 2.38. The van der Waals surface area contributed by atoms with Gasteiger partial charge in [-0.05, 0) is 81.0 Å². The third-order valence-corrected chi connectivity index (χ3v) is 19.1. The predicted molar refractivity (Wildman–Crippen MR) is 367 cm³/mol. The summed E-state index contributed by atoms with van der Waals surface area (Å²) < 4.78 is 0. The van der Waals surface area contributed by atoms with Gasteiger partial charge < -0.3 is 83.7 Å². The number of aliphatic hydroxyl groups excluding tert-OH is 2. The summed E-state index contributed by atoms with van der Waals surface area (Å²) in [6, 6.07) is 9.88. The number of amides is 7. The van der Waals surface area contributed by atoms with Crippen LogP contribution < -0.4 is 48.3 Å². The van der Waals surface area contributed by atoms with Crippen molar-refractivity contribution in [2.75, 3.05) is 97.4 Å². The molecule has 2 aliphatic rings. The molecule has 0 spiro atoms. The summed E-state index contributed by atoms with van der Waals surface area (Å²) in [5.41, 5.74) is 8.06. The molecule has 6 rings (SSSR count). The van der Waals surface area contributed by atoms with E-state index in [1.165, 1.54) is 24.3 Å². The maximum absolute atomic E-state index is 15.1. The van der Waals surface area contributed by atoms with Gasteiger partial charge >= 0.3 is 23.9 Å². The number of nitrogens with one attached hydrogen (secondary N) is 9. The van der Waals surface area contributed by atoms with Crippen molar-refractivity contribution in [3.05, 3.63) is 102 Å². The van der Waals surface area contributed by atoms with E-state index in [9.17, 15) is 78.9 Å². The van der Waals surface area contributed by atoms with Crippen LogP contribution in [0.1, 0.15) is 49.8 Å². The molecule has 0 saturated carbocycles. The maximum atomic E-state index is 15.1. The lowest BCUT2D eigenvalue weighted by atomic mass is 10.0. The molecule has 2 saturated heterocycles. The number of nitrogens with two attached hydrogens (primary N) is 1. The van der Waals surface area contributed by atoms with Gasteiger partial charge in [0.1, 0.15) is 41.3 Å². The van der Waals surface area contributed by atoms with Gasteiger partial charge in [0.2, 0.25) is 41.4 Å². The summed E-state index contributed by atoms with van der Waals surface area (Å²) >= 11 is 0. The monoisotopic (exact) mass is 1430 g/mol. The molecular weight excluding hydrogens is 1340 g/mol. The summed E-state index contributed by atoms with van der Waals surface area (Å²) in [6.07, 6.45) is -1.76. The van der Waals surface area contributed by atoms with Crippen LogP contribution in [0.15, 0.2) is 85.1 Å². The minimum Gasteiger partial charge on any atom is -0.508 e. The number of aromatic amines is 1. The summed E-state index contributed by atoms with van der Waals surface area (Å²) in [5, 5.41) is 91.0. The van der Waals surface area contributed by atoms with Gasteiger partial charge in [-0.1, -0.05) is 82.3 Å². The first-order valence-corrected chi connectivity index (χ1v) is 34.9. The van der Waals surface area contributed by atoms with Crippen molar-refractivity contribution in [2.24, 2.45) is 5.73 Å². The standard InChI is InChI=1S/C65H90N14O19S2/c1-38(80)56-63(96)72-50(62(95)74-57(39(2)81)65(97)98)37-99-100-64(75-61(94)48(29-40-10-4-3-5-11-40)69-52(84)33-76-20-22-77(34-53(85)86)24-26-79(36-55(89)90)27-25-78(23-21-76)35-54(87)88)51(83)32-68-47(28-41-15-17-43(82)18-16-41)59(92)71-49(30-42-31-67-45-13-7-6-12-44(42)45)60(93)70-46(58(91)73-56)14-8-9-19-66/h3-7,10-13,15-18,31,38-39,46-50,56-57,64,67-68,80-82H,8-9,14,19-30,32-37,66H2,1-2H3,(H,69,84)(H,70,93)(H,71,92)(H,72,96)(H,73,91)(H,74,95)(H,75,94)(H,85,86)(H,87,88)(H,89,90)(H,97,98)/t38?,39-,46?,47?,48+,49+,50?,56?,57?,64+/m1/s1. The Hall–Kier alpha value is -8.78. The topological polar surface area (TPSA) is 497 Å². The number of phenolic OH excluding ortho intramolecular Hbond substituents is 1. The zero-order valence-corrected chi connectivity index (χ0v) is 57.1. The molecule has 546 valence electrons. The van der Waals surface area contributed by atoms with Crippen LogP contribution in [0, 0.1) is 0 Å². The van der Waals surface area contributed by atoms with Gasteiger partial charge in [0.25, 0.3) is 0 Å². The lowest BCUT2D eigenvalue weighted by Crippen LogP contribution is -2.62. The predicted octanol–water partition coefficient (Wildman–Crippen LogP) is -3.37. The average molecular weight is 1440 g/mol. The van der Waals surface area contributed by atoms with Gasteiger partial charge in [-0.15, -0.1) is 0 Å². The average Bonchev–Trinajstić information content (AvgIpc) is 1.61. The number of unbranched alkanes of at least 4 members (excludes halogenated alkanes) is 1. The Labute approximate surface area is 584 Å². The number of nitrogens with zero attached hydrogens (tertiary/aromatic N) is 4. The van der Waals surface area contributed by atoms with E-state index in [-0.39, 0.29) is 103 Å². The van der Waals surface area contributed by atoms with Crippen LogP contribution in [0.25, 0.3) is 10.9 Å². The molecule has 2 fully saturated rings. The number of phenols is 1. The molecule has 100 heavy (non-hydrogen) atoms. The van der Waals surface area contributed by atoms with E-state index in [1.807, 2.05) is 0 Å². The Morgan fingerprint density at radius 1 is 0.620 bits per heavy atom. The van der Waals surface area contributed by atoms with E-state index < -0.39 is 163 Å². The quantitative estimate of drug-likeness (QED) is 0.0215. The van der Waals surface area contributed by atoms with Crippen molar-refractivity contribution in [2.45, 2.75) is 112 Å². The smallest absolute Gasteiger partial charge is 0.328 e. The van der Waals surface area contributed by atoms with Crippen LogP contribution in [-0.4, -0.2) is 289 Å². The molecular formula is C65H90N14O19S2. The number of carboxylic acid groups (broad SMARTS) is 4. The molecule has 4 aromatic rings. The van der Waals surface area contributed by atoms with E-state index in [4.69, 9.17) is 5.73 Å². The van der Waals surface area contributed by atoms with E-state index in [2.05, 4.69) is 47.5 Å². The normalized spacial score (nSPS) is 21.9. The van der Waals surface area contributed by atoms with Gasteiger partial charge in [-0.2, -0.15) is 0 Å². The Balaban J connectivity index is 1.40. The number of Topliss-reactive ketones (excluding diaryl/α,β-unsaturated/α-hetero) is 1. The van der Waals surface area contributed by atoms with E-state index in [0.717, 1.165) is 13.8 Å². The van der Waals surface area contributed by atoms with Crippen molar-refractivity contribution in [3.8, 4) is 5.75 Å². The third-order valence-electron chi connectivity index (χ3n) is 16.5. The molecule has 18 N–H and O–H groups in total. The maximum Gasteiger partial charge on any atom is 0.328 e. The van der Waals surface area contributed by atoms with Crippen molar-refractivity contribution >= 4 is 104 Å². The van der Waals surface area contributed by atoms with Crippen molar-refractivity contribution in [1.82, 2.24) is 67.1 Å². The lowest BCUT2D eigenvalue weighted by Gasteiger charge is -2.33. The molecule has 10 atom stereocenters. The number of fused-ring (bicyclic) bond motifs is 1. The first-order chi connectivity index (χ1) is 47.7. The highest BCUT2D eigenvalue weighted by Crippen LogP contribution is 2.28. The van der Waals surface area contributed by atoms with Crippen molar-refractivity contribution in [3.63, 3.8) is 0 Å². The fourth-order valence-electron chi connectivity index (χ4n) is 11.1. The highest BCUT2D eigenvalue weighted by molar-refractivity contribution is 8.77. The number of aliphatic carboxylic acids is 4. The molecule has 7 amide bonds. The van der Waals surface area contributed by atoms with E-state index >= 15 is 14.4 Å². The second-order valence-corrected chi connectivity index (χ2v) is 27.0. The molecule has 0 aliphatic carbocycles. The first-order valence-electron chi connectivity index (χ1n) is 32.5. The van der Waals surface area contributed by atoms with Crippen LogP contribution >= 0.6 is 21.6 Å². The Kier molecular flexibility index (Phi) is 32.5. The summed E-state index contributed by atoms with van der Waals surface area (Å²) in [4.78, 5) is 175. The van der Waals surface area contributed by atoms with Gasteiger partial charge in [0.05, 0.1) is 51.0 Å². The number of carboxylic acids is 4. The molecule has 0 bridgehead atoms. The summed E-state index contributed by atoms with van der Waals surface area (Å²) in [6.45, 7) is 0.599. The lowest BCUT2D eigenvalue weighted by molar-refractivity contribution is -0.145. The van der Waals surface area contributed by atoms with Gasteiger partial charge in [0.15, 0.2) is 11.8 Å². The number of carbonyl (C=O) groups excluding carboxylic acids is 8. The molecule has 1 aromatic heterocycles. The fraction of sp³-hybridized carbons (Fsp3) is 0.508. The number of aliphatic hydroxyl groups is 2. The number of hydrogen-bond donors (Lipinski definition) is 17. The molecule has 0 radical (unpaired) electrons. The molecule has 2 aliphatic heterocycles. The Bertz CT molecular complexity index is 3410. The number of ketones is 1. The Morgan fingerprint density at radius 3 is 1.73 bits per heavy atom. The van der Waals surface area contributed by atoms with Crippen LogP contribution in [-0.2, 0) is 76.8 Å². The number of carbonyl (C=O) groups is 12. The van der Waals surface area contributed by atoms with Crippen LogP contribution in [0.3, 0.4) is 0 Å². The first kappa shape index (κ1) is 80.2. The minimum absolute atomic E-state index is 0.0388. The number of aromatic nitrogens is 1. The Morgan fingerprint density at radius 2 is 1.17 bits per heavy atom. The number of para-hydroxylation sites is 1. The largest absolute Gasteiger partial charge is 0.508 e. The van der Waals surface area contributed by atoms with Crippen LogP contribution in [0.4, 0.5) is 0 Å². The number of H-pyrrole nitrogens is 1. The van der Waals surface area contributed by atoms with Crippen LogP contribution in [0.5, 0.6) is 5.75 Å².